The van der Waals surface area contributed by atoms with Crippen LogP contribution in [0.3, 0.4) is 0 Å². The Balaban J connectivity index is 1.62. The van der Waals surface area contributed by atoms with Crippen LogP contribution in [0.25, 0.3) is 0 Å². The van der Waals surface area contributed by atoms with Crippen LogP contribution in [-0.4, -0.2) is 27.3 Å². The molecule has 0 bridgehead atoms. The highest BCUT2D eigenvalue weighted by atomic mass is 35.5. The molecule has 2 heterocycles. The minimum Gasteiger partial charge on any atom is -0.490 e. The SMILES string of the molecule is CCOc1cc([C@@H]2CC(=O)Nc3ncnn32)ccc1OCc1c(F)cccc1Cl. The molecule has 7 nitrogen and oxygen atoms in total. The second-order valence-corrected chi connectivity index (χ2v) is 6.83. The van der Waals surface area contributed by atoms with Crippen molar-refractivity contribution >= 4 is 23.5 Å². The number of benzene rings is 2. The maximum absolute atomic E-state index is 14.0. The number of carbonyl (C=O) groups excluding carboxylic acids is 1. The highest BCUT2D eigenvalue weighted by Gasteiger charge is 2.28. The number of anilines is 1. The summed E-state index contributed by atoms with van der Waals surface area (Å²) in [6, 6.07) is 9.54. The van der Waals surface area contributed by atoms with Gasteiger partial charge < -0.3 is 9.47 Å². The fraction of sp³-hybridized carbons (Fsp3) is 0.250. The Morgan fingerprint density at radius 2 is 2.14 bits per heavy atom. The summed E-state index contributed by atoms with van der Waals surface area (Å²) in [6.07, 6.45) is 1.62. The Morgan fingerprint density at radius 1 is 1.28 bits per heavy atom. The van der Waals surface area contributed by atoms with Crippen LogP contribution >= 0.6 is 11.6 Å². The molecule has 2 aromatic carbocycles. The van der Waals surface area contributed by atoms with Gasteiger partial charge in [0.25, 0.3) is 0 Å². The number of rotatable bonds is 6. The quantitative estimate of drug-likeness (QED) is 0.657. The molecule has 1 amide bonds. The van der Waals surface area contributed by atoms with Gasteiger partial charge in [0.1, 0.15) is 18.8 Å². The van der Waals surface area contributed by atoms with Gasteiger partial charge in [0, 0.05) is 5.56 Å². The van der Waals surface area contributed by atoms with E-state index in [0.717, 1.165) is 5.56 Å². The Labute approximate surface area is 171 Å². The standard InChI is InChI=1S/C20H18ClFN4O3/c1-2-28-18-8-12(16-9-19(27)25-20-23-11-24-26(16)20)6-7-17(18)29-10-13-14(21)4-3-5-15(13)22/h3-8,11,16H,2,9-10H2,1H3,(H,23,24,25,27)/t16-/m0/s1. The van der Waals surface area contributed by atoms with E-state index in [2.05, 4.69) is 15.4 Å². The number of hydrogen-bond acceptors (Lipinski definition) is 5. The van der Waals surface area contributed by atoms with Crippen molar-refractivity contribution in [2.75, 3.05) is 11.9 Å². The van der Waals surface area contributed by atoms with Crippen LogP contribution in [0.15, 0.2) is 42.7 Å². The molecule has 3 aromatic rings. The molecule has 0 unspecified atom stereocenters. The largest absolute Gasteiger partial charge is 0.490 e. The van der Waals surface area contributed by atoms with Gasteiger partial charge in [-0.05, 0) is 36.8 Å². The van der Waals surface area contributed by atoms with Gasteiger partial charge in [-0.1, -0.05) is 23.7 Å². The number of nitrogens with one attached hydrogen (secondary N) is 1. The molecule has 1 aromatic heterocycles. The van der Waals surface area contributed by atoms with Gasteiger partial charge in [-0.3, -0.25) is 10.1 Å². The third-order valence-electron chi connectivity index (χ3n) is 4.58. The molecule has 0 radical (unpaired) electrons. The minimum atomic E-state index is -0.431. The Hall–Kier alpha value is -3.13. The molecule has 1 aliphatic rings. The van der Waals surface area contributed by atoms with Crippen LogP contribution in [-0.2, 0) is 11.4 Å². The maximum Gasteiger partial charge on any atom is 0.229 e. The zero-order chi connectivity index (χ0) is 20.4. The van der Waals surface area contributed by atoms with Crippen molar-refractivity contribution in [1.29, 1.82) is 0 Å². The zero-order valence-electron chi connectivity index (χ0n) is 15.6. The molecule has 1 N–H and O–H groups in total. The van der Waals surface area contributed by atoms with Crippen molar-refractivity contribution in [3.8, 4) is 11.5 Å². The van der Waals surface area contributed by atoms with Gasteiger partial charge in [-0.15, -0.1) is 0 Å². The van der Waals surface area contributed by atoms with Gasteiger partial charge >= 0.3 is 0 Å². The normalized spacial score (nSPS) is 15.6. The molecule has 0 aliphatic carbocycles. The van der Waals surface area contributed by atoms with Gasteiger partial charge in [-0.2, -0.15) is 10.1 Å². The van der Waals surface area contributed by atoms with E-state index in [9.17, 15) is 9.18 Å². The lowest BCUT2D eigenvalue weighted by Crippen LogP contribution is -2.29. The molecule has 0 saturated carbocycles. The average molecular weight is 417 g/mol. The molecular formula is C20H18ClFN4O3. The van der Waals surface area contributed by atoms with Crippen molar-refractivity contribution in [3.63, 3.8) is 0 Å². The third kappa shape index (κ3) is 3.88. The Kier molecular flexibility index (Phi) is 5.35. The minimum absolute atomic E-state index is 0.0377. The highest BCUT2D eigenvalue weighted by Crippen LogP contribution is 2.36. The summed E-state index contributed by atoms with van der Waals surface area (Å²) < 4.78 is 27.2. The van der Waals surface area contributed by atoms with E-state index in [0.29, 0.717) is 29.1 Å². The maximum atomic E-state index is 14.0. The number of amides is 1. The topological polar surface area (TPSA) is 78.3 Å². The number of hydrogen-bond donors (Lipinski definition) is 1. The van der Waals surface area contributed by atoms with E-state index >= 15 is 0 Å². The second-order valence-electron chi connectivity index (χ2n) is 6.42. The van der Waals surface area contributed by atoms with Crippen LogP contribution in [0.1, 0.15) is 30.5 Å². The molecular weight excluding hydrogens is 399 g/mol. The number of aromatic nitrogens is 3. The summed E-state index contributed by atoms with van der Waals surface area (Å²) in [5.41, 5.74) is 1.10. The van der Waals surface area contributed by atoms with Crippen LogP contribution in [0.2, 0.25) is 5.02 Å². The van der Waals surface area contributed by atoms with E-state index in [1.807, 2.05) is 13.0 Å². The van der Waals surface area contributed by atoms with E-state index in [-0.39, 0.29) is 30.5 Å². The number of nitrogens with zero attached hydrogens (tertiary/aromatic N) is 3. The predicted octanol–water partition coefficient (Wildman–Crippen LogP) is 3.98. The number of fused-ring (bicyclic) bond motifs is 1. The summed E-state index contributed by atoms with van der Waals surface area (Å²) in [4.78, 5) is 16.1. The molecule has 1 atom stereocenters. The van der Waals surface area contributed by atoms with Crippen molar-refractivity contribution in [2.45, 2.75) is 26.0 Å². The first-order valence-corrected chi connectivity index (χ1v) is 9.46. The average Bonchev–Trinajstić information content (AvgIpc) is 3.16. The van der Waals surface area contributed by atoms with Crippen molar-refractivity contribution in [3.05, 3.63) is 64.7 Å². The molecule has 9 heteroatoms. The zero-order valence-corrected chi connectivity index (χ0v) is 16.3. The molecule has 0 fully saturated rings. The second kappa shape index (κ2) is 8.08. The lowest BCUT2D eigenvalue weighted by atomic mass is 10.0. The number of halogens is 2. The first kappa shape index (κ1) is 19.2. The Bertz CT molecular complexity index is 1040. The lowest BCUT2D eigenvalue weighted by Gasteiger charge is -2.24. The molecule has 0 spiro atoms. The van der Waals surface area contributed by atoms with Crippen LogP contribution < -0.4 is 14.8 Å². The van der Waals surface area contributed by atoms with Gasteiger partial charge in [0.15, 0.2) is 11.5 Å². The fourth-order valence-corrected chi connectivity index (χ4v) is 3.42. The number of ether oxygens (including phenoxy) is 2. The molecule has 1 aliphatic heterocycles. The number of carbonyl (C=O) groups is 1. The smallest absolute Gasteiger partial charge is 0.229 e. The van der Waals surface area contributed by atoms with E-state index in [4.69, 9.17) is 21.1 Å². The lowest BCUT2D eigenvalue weighted by molar-refractivity contribution is -0.117. The van der Waals surface area contributed by atoms with Crippen LogP contribution in [0, 0.1) is 5.82 Å². The van der Waals surface area contributed by atoms with Crippen LogP contribution in [0.5, 0.6) is 11.5 Å². The van der Waals surface area contributed by atoms with Crippen molar-refractivity contribution < 1.29 is 18.7 Å². The molecule has 0 saturated heterocycles. The monoisotopic (exact) mass is 416 g/mol. The summed E-state index contributed by atoms with van der Waals surface area (Å²) in [5.74, 6) is 0.778. The van der Waals surface area contributed by atoms with Gasteiger partial charge in [0.2, 0.25) is 11.9 Å². The predicted molar refractivity (Wildman–Crippen MR) is 105 cm³/mol. The molecule has 4 rings (SSSR count). The van der Waals surface area contributed by atoms with E-state index in [1.54, 1.807) is 28.9 Å². The first-order chi connectivity index (χ1) is 14.1. The summed E-state index contributed by atoms with van der Waals surface area (Å²) in [6.45, 7) is 2.23. The van der Waals surface area contributed by atoms with E-state index < -0.39 is 5.82 Å². The first-order valence-electron chi connectivity index (χ1n) is 9.08. The highest BCUT2D eigenvalue weighted by molar-refractivity contribution is 6.31. The summed E-state index contributed by atoms with van der Waals surface area (Å²) >= 11 is 6.07. The fourth-order valence-electron chi connectivity index (χ4n) is 3.20. The molecule has 29 heavy (non-hydrogen) atoms. The van der Waals surface area contributed by atoms with Crippen molar-refractivity contribution in [2.24, 2.45) is 0 Å². The summed E-state index contributed by atoms with van der Waals surface area (Å²) in [7, 11) is 0. The summed E-state index contributed by atoms with van der Waals surface area (Å²) in [5, 5.41) is 7.19. The van der Waals surface area contributed by atoms with E-state index in [1.165, 1.54) is 12.4 Å². The van der Waals surface area contributed by atoms with Gasteiger partial charge in [-0.25, -0.2) is 9.07 Å². The Morgan fingerprint density at radius 3 is 2.93 bits per heavy atom. The molecule has 150 valence electrons. The van der Waals surface area contributed by atoms with Crippen molar-refractivity contribution in [1.82, 2.24) is 14.8 Å². The van der Waals surface area contributed by atoms with Gasteiger partial charge in [0.05, 0.1) is 24.1 Å². The third-order valence-corrected chi connectivity index (χ3v) is 4.94. The van der Waals surface area contributed by atoms with Crippen LogP contribution in [0.4, 0.5) is 10.3 Å².